The molecule has 1 amide bonds. The van der Waals surface area contributed by atoms with Gasteiger partial charge in [0.25, 0.3) is 0 Å². The van der Waals surface area contributed by atoms with Crippen molar-refractivity contribution >= 4 is 35.1 Å². The average molecular weight is 536 g/mol. The second kappa shape index (κ2) is 14.5. The zero-order valence-electron chi connectivity index (χ0n) is 20.9. The lowest BCUT2D eigenvalue weighted by molar-refractivity contribution is 0.0537. The third kappa shape index (κ3) is 8.99. The van der Waals surface area contributed by atoms with E-state index in [2.05, 4.69) is 11.8 Å². The van der Waals surface area contributed by atoms with Crippen molar-refractivity contribution in [3.05, 3.63) is 63.6 Å². The van der Waals surface area contributed by atoms with Gasteiger partial charge in [0.05, 0.1) is 11.6 Å². The molecule has 0 aromatic heterocycles. The minimum atomic E-state index is -0.696. The van der Waals surface area contributed by atoms with Gasteiger partial charge in [0.15, 0.2) is 5.78 Å². The molecule has 0 spiro atoms. The number of ketones is 1. The number of carbonyl (C=O) groups excluding carboxylic acids is 2. The van der Waals surface area contributed by atoms with Crippen LogP contribution in [0.25, 0.3) is 0 Å². The number of likely N-dealkylation sites (tertiary alicyclic amines) is 1. The summed E-state index contributed by atoms with van der Waals surface area (Å²) >= 11 is 12.3. The molecule has 1 fully saturated rings. The monoisotopic (exact) mass is 534 g/mol. The Morgan fingerprint density at radius 2 is 1.78 bits per heavy atom. The van der Waals surface area contributed by atoms with Gasteiger partial charge in [0.2, 0.25) is 0 Å². The quantitative estimate of drug-likeness (QED) is 0.227. The van der Waals surface area contributed by atoms with E-state index in [9.17, 15) is 9.59 Å². The molecule has 3 rings (SSSR count). The number of amides is 1. The number of piperidine rings is 1. The van der Waals surface area contributed by atoms with Crippen LogP contribution in [0.15, 0.2) is 42.5 Å². The molecule has 8 heteroatoms. The predicted octanol–water partition coefficient (Wildman–Crippen LogP) is 6.75. The van der Waals surface area contributed by atoms with E-state index in [4.69, 9.17) is 38.4 Å². The van der Waals surface area contributed by atoms with Gasteiger partial charge in [-0.1, -0.05) is 49.4 Å². The molecule has 1 aliphatic heterocycles. The second-order valence-electron chi connectivity index (χ2n) is 9.44. The largest absolute Gasteiger partial charge is 0.493 e. The summed E-state index contributed by atoms with van der Waals surface area (Å²) in [6.45, 7) is 5.35. The molecule has 6 nitrogen and oxygen atoms in total. The normalized spacial score (nSPS) is 15.4. The number of hydrogen-bond donors (Lipinski definition) is 1. The average Bonchev–Trinajstić information content (AvgIpc) is 2.86. The molecule has 196 valence electrons. The Balaban J connectivity index is 1.44. The van der Waals surface area contributed by atoms with Crippen LogP contribution in [0.5, 0.6) is 5.75 Å². The highest BCUT2D eigenvalue weighted by Crippen LogP contribution is 2.27. The maximum atomic E-state index is 12.7. The van der Waals surface area contributed by atoms with E-state index in [1.165, 1.54) is 12.8 Å². The zero-order valence-corrected chi connectivity index (χ0v) is 22.4. The van der Waals surface area contributed by atoms with E-state index in [0.29, 0.717) is 39.4 Å². The molecule has 1 unspecified atom stereocenters. The molecular weight excluding hydrogens is 499 g/mol. The number of nitrogens with zero attached hydrogens (tertiary/aromatic N) is 1. The summed E-state index contributed by atoms with van der Waals surface area (Å²) in [5.41, 5.74) is 6.25. The molecule has 2 aromatic rings. The molecule has 1 saturated heterocycles. The van der Waals surface area contributed by atoms with Crippen LogP contribution in [-0.4, -0.2) is 49.1 Å². The summed E-state index contributed by atoms with van der Waals surface area (Å²) in [5.74, 6) is 0.923. The van der Waals surface area contributed by atoms with Crippen LogP contribution in [0, 0.1) is 5.92 Å². The molecule has 1 aliphatic rings. The molecule has 0 aliphatic carbocycles. The van der Waals surface area contributed by atoms with Gasteiger partial charge in [-0.05, 0) is 87.2 Å². The van der Waals surface area contributed by atoms with Gasteiger partial charge in [0, 0.05) is 22.7 Å². The number of primary amides is 1. The molecule has 1 atom stereocenters. The maximum absolute atomic E-state index is 12.7. The molecule has 36 heavy (non-hydrogen) atoms. The van der Waals surface area contributed by atoms with Gasteiger partial charge < -0.3 is 15.2 Å². The van der Waals surface area contributed by atoms with Crippen LogP contribution < -0.4 is 10.5 Å². The highest BCUT2D eigenvalue weighted by molar-refractivity contribution is 6.35. The van der Waals surface area contributed by atoms with E-state index in [0.717, 1.165) is 51.7 Å². The van der Waals surface area contributed by atoms with Gasteiger partial charge in [-0.15, -0.1) is 0 Å². The fourth-order valence-electron chi connectivity index (χ4n) is 4.51. The van der Waals surface area contributed by atoms with E-state index < -0.39 is 6.09 Å². The number of halogens is 2. The number of ether oxygens (including phenoxy) is 2. The minimum Gasteiger partial charge on any atom is -0.493 e. The molecule has 0 radical (unpaired) electrons. The van der Waals surface area contributed by atoms with Gasteiger partial charge >= 0.3 is 6.09 Å². The fraction of sp³-hybridized carbons (Fsp3) is 0.500. The van der Waals surface area contributed by atoms with Gasteiger partial charge in [-0.25, -0.2) is 4.79 Å². The first-order chi connectivity index (χ1) is 17.4. The van der Waals surface area contributed by atoms with Crippen molar-refractivity contribution in [3.63, 3.8) is 0 Å². The first-order valence-electron chi connectivity index (χ1n) is 12.8. The Labute approximate surface area is 224 Å². The summed E-state index contributed by atoms with van der Waals surface area (Å²) < 4.78 is 11.4. The zero-order chi connectivity index (χ0) is 25.9. The lowest BCUT2D eigenvalue weighted by Gasteiger charge is -2.33. The third-order valence-corrected chi connectivity index (χ3v) is 7.17. The minimum absolute atomic E-state index is 0.150. The van der Waals surface area contributed by atoms with Crippen molar-refractivity contribution < 1.29 is 19.1 Å². The lowest BCUT2D eigenvalue weighted by atomic mass is 9.97. The van der Waals surface area contributed by atoms with Crippen LogP contribution in [-0.2, 0) is 4.74 Å². The summed E-state index contributed by atoms with van der Waals surface area (Å²) in [6, 6.07) is 11.9. The predicted molar refractivity (Wildman–Crippen MR) is 144 cm³/mol. The SMILES string of the molecule is CCCCCCC(CN1CCC(COc2ccc(C(=O)c3ccc(Cl)cc3)c(Cl)c2)CC1)OC(N)=O. The number of unbranched alkanes of at least 4 members (excludes halogenated alkanes) is 3. The standard InChI is InChI=1S/C28H36Cl2N2O4/c1-2-3-4-5-6-24(36-28(31)34)18-32-15-13-20(14-16-32)19-35-23-11-12-25(26(30)17-23)27(33)21-7-9-22(29)10-8-21/h7-12,17,20,24H,2-6,13-16,18-19H2,1H3,(H2,31,34). The van der Waals surface area contributed by atoms with Gasteiger partial charge in [-0.2, -0.15) is 0 Å². The highest BCUT2D eigenvalue weighted by atomic mass is 35.5. The van der Waals surface area contributed by atoms with Crippen molar-refractivity contribution in [1.82, 2.24) is 4.90 Å². The van der Waals surface area contributed by atoms with Gasteiger partial charge in [-0.3, -0.25) is 9.69 Å². The van der Waals surface area contributed by atoms with E-state index in [1.807, 2.05) is 0 Å². The molecule has 2 N–H and O–H groups in total. The third-order valence-electron chi connectivity index (χ3n) is 6.61. The highest BCUT2D eigenvalue weighted by Gasteiger charge is 2.24. The number of rotatable bonds is 13. The Kier molecular flexibility index (Phi) is 11.4. The van der Waals surface area contributed by atoms with E-state index >= 15 is 0 Å². The number of benzene rings is 2. The van der Waals surface area contributed by atoms with Crippen molar-refractivity contribution in [2.24, 2.45) is 11.7 Å². The Bertz CT molecular complexity index is 992. The molecule has 0 saturated carbocycles. The Morgan fingerprint density at radius 1 is 1.06 bits per heavy atom. The van der Waals surface area contributed by atoms with Crippen molar-refractivity contribution in [2.75, 3.05) is 26.2 Å². The summed E-state index contributed by atoms with van der Waals surface area (Å²) in [6.07, 6.45) is 6.57. The first kappa shape index (κ1) is 28.3. The fourth-order valence-corrected chi connectivity index (χ4v) is 4.90. The van der Waals surface area contributed by atoms with Crippen molar-refractivity contribution in [1.29, 1.82) is 0 Å². The van der Waals surface area contributed by atoms with Crippen LogP contribution in [0.1, 0.15) is 67.8 Å². The van der Waals surface area contributed by atoms with Crippen LogP contribution in [0.2, 0.25) is 10.0 Å². The van der Waals surface area contributed by atoms with E-state index in [-0.39, 0.29) is 11.9 Å². The molecular formula is C28H36Cl2N2O4. The van der Waals surface area contributed by atoms with Crippen molar-refractivity contribution in [3.8, 4) is 5.75 Å². The molecule has 1 heterocycles. The van der Waals surface area contributed by atoms with Crippen LogP contribution in [0.4, 0.5) is 4.79 Å². The van der Waals surface area contributed by atoms with Gasteiger partial charge in [0.1, 0.15) is 11.9 Å². The summed E-state index contributed by atoms with van der Waals surface area (Å²) in [7, 11) is 0. The first-order valence-corrected chi connectivity index (χ1v) is 13.5. The maximum Gasteiger partial charge on any atom is 0.404 e. The van der Waals surface area contributed by atoms with Crippen molar-refractivity contribution in [2.45, 2.75) is 58.0 Å². The van der Waals surface area contributed by atoms with E-state index in [1.54, 1.807) is 42.5 Å². The second-order valence-corrected chi connectivity index (χ2v) is 10.3. The molecule has 2 aromatic carbocycles. The number of hydrogen-bond acceptors (Lipinski definition) is 5. The topological polar surface area (TPSA) is 81.9 Å². The van der Waals surface area contributed by atoms with Crippen LogP contribution in [0.3, 0.4) is 0 Å². The summed E-state index contributed by atoms with van der Waals surface area (Å²) in [4.78, 5) is 26.4. The van der Waals surface area contributed by atoms with Crippen LogP contribution >= 0.6 is 23.2 Å². The summed E-state index contributed by atoms with van der Waals surface area (Å²) in [5, 5.41) is 0.940. The molecule has 0 bridgehead atoms. The Morgan fingerprint density at radius 3 is 2.42 bits per heavy atom. The smallest absolute Gasteiger partial charge is 0.404 e. The lowest BCUT2D eigenvalue weighted by Crippen LogP contribution is -2.41. The number of carbonyl (C=O) groups is 2. The Hall–Kier alpha value is -2.28. The number of nitrogens with two attached hydrogens (primary N) is 1.